The molecule has 35 heavy (non-hydrogen) atoms. The molecule has 1 aromatic carbocycles. The van der Waals surface area contributed by atoms with Crippen molar-refractivity contribution in [3.8, 4) is 0 Å². The summed E-state index contributed by atoms with van der Waals surface area (Å²) < 4.78 is 24.1. The van der Waals surface area contributed by atoms with Crippen LogP contribution in [0.3, 0.4) is 0 Å². The van der Waals surface area contributed by atoms with Gasteiger partial charge in [-0.2, -0.15) is 0 Å². The van der Waals surface area contributed by atoms with Crippen LogP contribution < -0.4 is 16.1 Å². The number of carbonyl (C=O) groups excluding carboxylic acids is 1. The first-order valence-electron chi connectivity index (χ1n) is 11.8. The number of aryl methyl sites for hydroxylation is 1. The minimum absolute atomic E-state index is 0.0162. The molecule has 0 saturated carbocycles. The smallest absolute Gasteiger partial charge is 0.345 e. The second-order valence-electron chi connectivity index (χ2n) is 9.17. The zero-order valence-electron chi connectivity index (χ0n) is 20.3. The molecule has 0 radical (unpaired) electrons. The average Bonchev–Trinajstić information content (AvgIpc) is 3.10. The molecule has 9 nitrogen and oxygen atoms in total. The van der Waals surface area contributed by atoms with E-state index in [2.05, 4.69) is 23.7 Å². The van der Waals surface area contributed by atoms with E-state index in [9.17, 15) is 9.59 Å². The van der Waals surface area contributed by atoms with Gasteiger partial charge in [0.2, 0.25) is 5.43 Å². The van der Waals surface area contributed by atoms with E-state index in [4.69, 9.17) is 10.5 Å². The molecule has 0 bridgehead atoms. The minimum Gasteiger partial charge on any atom is -0.462 e. The molecular weight excluding hydrogens is 451 g/mol. The van der Waals surface area contributed by atoms with Crippen molar-refractivity contribution in [3.63, 3.8) is 0 Å². The van der Waals surface area contributed by atoms with Gasteiger partial charge in [-0.05, 0) is 45.0 Å². The Hall–Kier alpha value is -3.66. The lowest BCUT2D eigenvalue weighted by Gasteiger charge is -2.37. The summed E-state index contributed by atoms with van der Waals surface area (Å²) in [4.78, 5) is 35.4. The fraction of sp³-hybridized carbons (Fsp3) is 0.400. The average molecular weight is 481 g/mol. The molecule has 0 spiro atoms. The molecule has 184 valence electrons. The van der Waals surface area contributed by atoms with E-state index in [0.717, 1.165) is 18.6 Å². The van der Waals surface area contributed by atoms with Crippen LogP contribution >= 0.6 is 0 Å². The van der Waals surface area contributed by atoms with Crippen LogP contribution in [-0.4, -0.2) is 63.6 Å². The number of halogens is 1. The second kappa shape index (κ2) is 8.53. The number of nitrogens with zero attached hydrogens (tertiary/aromatic N) is 5. The molecule has 0 aliphatic carbocycles. The Balaban J connectivity index is 1.83. The maximum Gasteiger partial charge on any atom is 0.345 e. The fourth-order valence-corrected chi connectivity index (χ4v) is 4.98. The Morgan fingerprint density at radius 2 is 1.89 bits per heavy atom. The number of carbonyl (C=O) groups is 1. The van der Waals surface area contributed by atoms with E-state index in [1.807, 2.05) is 11.0 Å². The van der Waals surface area contributed by atoms with E-state index in [0.29, 0.717) is 36.0 Å². The van der Waals surface area contributed by atoms with Gasteiger partial charge in [-0.3, -0.25) is 14.1 Å². The standard InChI is InChI=1S/C25H29FN6O3/c1-5-35-25(34)20-21(33)16-13-17(26)23(31-10-8-30(9-11-31)14(2)3)28-22(16)32-19-12-15(27)6-7-18(19)29(4)24(20)32/h6-7,12-14H,5,8-11,27H2,1-4H3. The SMILES string of the molecule is CCOC(=O)c1c(=O)c2cc(F)c(N3CCN(C(C)C)CC3)nc2n2c3cc(N)ccc3n(C)c12. The summed E-state index contributed by atoms with van der Waals surface area (Å²) in [6.07, 6.45) is 0. The molecule has 0 atom stereocenters. The van der Waals surface area contributed by atoms with Gasteiger partial charge in [0.1, 0.15) is 11.2 Å². The van der Waals surface area contributed by atoms with E-state index in [1.54, 1.807) is 35.1 Å². The highest BCUT2D eigenvalue weighted by atomic mass is 19.1. The van der Waals surface area contributed by atoms with Gasteiger partial charge in [0, 0.05) is 45.0 Å². The lowest BCUT2D eigenvalue weighted by Crippen LogP contribution is -2.49. The molecule has 1 fully saturated rings. The van der Waals surface area contributed by atoms with Crippen LogP contribution in [0.15, 0.2) is 29.1 Å². The van der Waals surface area contributed by atoms with Crippen LogP contribution in [0.5, 0.6) is 0 Å². The molecule has 1 saturated heterocycles. The van der Waals surface area contributed by atoms with Crippen molar-refractivity contribution in [2.45, 2.75) is 26.8 Å². The van der Waals surface area contributed by atoms with Gasteiger partial charge in [-0.25, -0.2) is 14.2 Å². The highest BCUT2D eigenvalue weighted by molar-refractivity contribution is 6.03. The van der Waals surface area contributed by atoms with Crippen molar-refractivity contribution in [1.29, 1.82) is 0 Å². The lowest BCUT2D eigenvalue weighted by molar-refractivity contribution is 0.0526. The number of piperazine rings is 1. The number of nitrogen functional groups attached to an aromatic ring is 1. The summed E-state index contributed by atoms with van der Waals surface area (Å²) in [5.74, 6) is -1.16. The van der Waals surface area contributed by atoms with Crippen molar-refractivity contribution in [1.82, 2.24) is 18.9 Å². The Labute approximate surface area is 201 Å². The third kappa shape index (κ3) is 3.59. The Morgan fingerprint density at radius 3 is 2.54 bits per heavy atom. The molecule has 5 rings (SSSR count). The highest BCUT2D eigenvalue weighted by Gasteiger charge is 2.28. The molecule has 1 aliphatic rings. The third-order valence-electron chi connectivity index (χ3n) is 6.80. The van der Waals surface area contributed by atoms with Gasteiger partial charge in [0.05, 0.1) is 23.0 Å². The van der Waals surface area contributed by atoms with Gasteiger partial charge in [-0.1, -0.05) is 0 Å². The van der Waals surface area contributed by atoms with Crippen LogP contribution in [0, 0.1) is 5.82 Å². The van der Waals surface area contributed by atoms with Crippen molar-refractivity contribution < 1.29 is 13.9 Å². The quantitative estimate of drug-likeness (QED) is 0.354. The number of imidazole rings is 1. The molecule has 10 heteroatoms. The molecule has 4 aromatic rings. The van der Waals surface area contributed by atoms with Crippen LogP contribution in [0.1, 0.15) is 31.1 Å². The van der Waals surface area contributed by atoms with E-state index in [-0.39, 0.29) is 29.0 Å². The molecule has 4 heterocycles. The number of pyridine rings is 2. The zero-order chi connectivity index (χ0) is 25.0. The minimum atomic E-state index is -0.759. The summed E-state index contributed by atoms with van der Waals surface area (Å²) in [7, 11) is 1.76. The Morgan fingerprint density at radius 1 is 1.17 bits per heavy atom. The number of nitrogens with two attached hydrogens (primary N) is 1. The predicted molar refractivity (Wildman–Crippen MR) is 135 cm³/mol. The summed E-state index contributed by atoms with van der Waals surface area (Å²) in [5, 5.41) is 0.0162. The van der Waals surface area contributed by atoms with Crippen LogP contribution in [0.2, 0.25) is 0 Å². The highest BCUT2D eigenvalue weighted by Crippen LogP contribution is 2.30. The topological polar surface area (TPSA) is 98.1 Å². The van der Waals surface area contributed by atoms with E-state index >= 15 is 4.39 Å². The van der Waals surface area contributed by atoms with Gasteiger partial charge in [-0.15, -0.1) is 0 Å². The Kier molecular flexibility index (Phi) is 5.63. The number of anilines is 2. The molecule has 0 unspecified atom stereocenters. The van der Waals surface area contributed by atoms with Crippen molar-refractivity contribution >= 4 is 45.2 Å². The third-order valence-corrected chi connectivity index (χ3v) is 6.80. The zero-order valence-corrected chi connectivity index (χ0v) is 20.3. The molecule has 2 N–H and O–H groups in total. The number of ether oxygens (including phenoxy) is 1. The second-order valence-corrected chi connectivity index (χ2v) is 9.17. The number of fused-ring (bicyclic) bond motifs is 5. The van der Waals surface area contributed by atoms with Gasteiger partial charge in [0.25, 0.3) is 0 Å². The predicted octanol–water partition coefficient (Wildman–Crippen LogP) is 2.77. The summed E-state index contributed by atoms with van der Waals surface area (Å²) in [6.45, 7) is 8.87. The molecular formula is C25H29FN6O3. The monoisotopic (exact) mass is 480 g/mol. The van der Waals surface area contributed by atoms with Crippen LogP contribution in [0.25, 0.3) is 27.7 Å². The number of aromatic nitrogens is 3. The largest absolute Gasteiger partial charge is 0.462 e. The number of rotatable bonds is 4. The van der Waals surface area contributed by atoms with Crippen molar-refractivity contribution in [2.24, 2.45) is 7.05 Å². The maximum absolute atomic E-state index is 15.4. The number of hydrogen-bond acceptors (Lipinski definition) is 7. The van der Waals surface area contributed by atoms with E-state index in [1.165, 1.54) is 6.07 Å². The van der Waals surface area contributed by atoms with Crippen LogP contribution in [0.4, 0.5) is 15.9 Å². The first kappa shape index (κ1) is 23.1. The first-order chi connectivity index (χ1) is 16.7. The van der Waals surface area contributed by atoms with Gasteiger partial charge in [0.15, 0.2) is 17.3 Å². The number of benzene rings is 1. The number of hydrogen-bond donors (Lipinski definition) is 1. The van der Waals surface area contributed by atoms with Gasteiger partial charge >= 0.3 is 5.97 Å². The Bertz CT molecular complexity index is 1530. The normalized spacial score (nSPS) is 15.1. The maximum atomic E-state index is 15.4. The molecule has 0 amide bonds. The van der Waals surface area contributed by atoms with E-state index < -0.39 is 17.2 Å². The van der Waals surface area contributed by atoms with Gasteiger partial charge < -0.3 is 19.9 Å². The fourth-order valence-electron chi connectivity index (χ4n) is 4.98. The lowest BCUT2D eigenvalue weighted by atomic mass is 10.1. The summed E-state index contributed by atoms with van der Waals surface area (Å²) in [6, 6.07) is 6.92. The summed E-state index contributed by atoms with van der Waals surface area (Å²) in [5.41, 5.74) is 7.84. The summed E-state index contributed by atoms with van der Waals surface area (Å²) >= 11 is 0. The molecule has 3 aromatic heterocycles. The number of esters is 1. The van der Waals surface area contributed by atoms with Crippen molar-refractivity contribution in [3.05, 3.63) is 45.9 Å². The van der Waals surface area contributed by atoms with Crippen molar-refractivity contribution in [2.75, 3.05) is 43.4 Å². The first-order valence-corrected chi connectivity index (χ1v) is 11.8. The van der Waals surface area contributed by atoms with Crippen LogP contribution in [-0.2, 0) is 11.8 Å². The molecule has 1 aliphatic heterocycles.